The Morgan fingerprint density at radius 2 is 1.65 bits per heavy atom. The van der Waals surface area contributed by atoms with Crippen LogP contribution in [0.1, 0.15) is 11.1 Å². The van der Waals surface area contributed by atoms with Gasteiger partial charge in [0.15, 0.2) is 0 Å². The summed E-state index contributed by atoms with van der Waals surface area (Å²) in [4.78, 5) is 0. The number of ether oxygens (including phenoxy) is 1. The SMILES string of the molecule is C=C(c1ccc(OC(F)(F)F)cc1)c1cccc(Br)c1. The van der Waals surface area contributed by atoms with Gasteiger partial charge in [0.2, 0.25) is 0 Å². The van der Waals surface area contributed by atoms with Crippen LogP contribution in [-0.4, -0.2) is 6.36 Å². The fourth-order valence-electron chi connectivity index (χ4n) is 1.70. The van der Waals surface area contributed by atoms with Crippen LogP contribution < -0.4 is 4.74 Å². The molecule has 0 saturated heterocycles. The summed E-state index contributed by atoms with van der Waals surface area (Å²) in [6, 6.07) is 13.2. The van der Waals surface area contributed by atoms with E-state index in [0.717, 1.165) is 21.2 Å². The number of hydrogen-bond acceptors (Lipinski definition) is 1. The van der Waals surface area contributed by atoms with Gasteiger partial charge in [-0.1, -0.05) is 46.8 Å². The van der Waals surface area contributed by atoms with E-state index in [1.165, 1.54) is 12.1 Å². The highest BCUT2D eigenvalue weighted by Gasteiger charge is 2.30. The summed E-state index contributed by atoms with van der Waals surface area (Å²) in [5.74, 6) is -0.247. The van der Waals surface area contributed by atoms with Gasteiger partial charge in [-0.25, -0.2) is 0 Å². The van der Waals surface area contributed by atoms with Crippen molar-refractivity contribution in [2.75, 3.05) is 0 Å². The van der Waals surface area contributed by atoms with Crippen LogP contribution in [-0.2, 0) is 0 Å². The molecule has 0 aliphatic carbocycles. The van der Waals surface area contributed by atoms with Crippen molar-refractivity contribution in [2.45, 2.75) is 6.36 Å². The zero-order valence-corrected chi connectivity index (χ0v) is 11.8. The van der Waals surface area contributed by atoms with Crippen LogP contribution >= 0.6 is 15.9 Å². The molecule has 1 nitrogen and oxygen atoms in total. The maximum atomic E-state index is 12.1. The Labute approximate surface area is 122 Å². The van der Waals surface area contributed by atoms with Crippen molar-refractivity contribution in [1.29, 1.82) is 0 Å². The van der Waals surface area contributed by atoms with Crippen molar-refractivity contribution in [2.24, 2.45) is 0 Å². The zero-order chi connectivity index (χ0) is 14.8. The number of halogens is 4. The van der Waals surface area contributed by atoms with E-state index in [4.69, 9.17) is 0 Å². The van der Waals surface area contributed by atoms with E-state index in [1.54, 1.807) is 12.1 Å². The Hall–Kier alpha value is -1.75. The molecule has 0 amide bonds. The summed E-state index contributed by atoms with van der Waals surface area (Å²) in [5.41, 5.74) is 2.35. The zero-order valence-electron chi connectivity index (χ0n) is 10.2. The molecule has 0 heterocycles. The molecule has 2 aromatic rings. The summed E-state index contributed by atoms with van der Waals surface area (Å²) >= 11 is 3.36. The molecule has 0 fully saturated rings. The highest BCUT2D eigenvalue weighted by Crippen LogP contribution is 2.27. The number of rotatable bonds is 3. The minimum atomic E-state index is -4.68. The summed E-state index contributed by atoms with van der Waals surface area (Å²) in [6.07, 6.45) is -4.68. The molecule has 0 aromatic heterocycles. The second kappa shape index (κ2) is 5.71. The van der Waals surface area contributed by atoms with E-state index in [1.807, 2.05) is 24.3 Å². The van der Waals surface area contributed by atoms with Crippen molar-refractivity contribution in [3.63, 3.8) is 0 Å². The molecule has 0 N–H and O–H groups in total. The molecule has 0 radical (unpaired) electrons. The molecule has 0 spiro atoms. The van der Waals surface area contributed by atoms with Gasteiger partial charge in [0.1, 0.15) is 5.75 Å². The molecule has 0 saturated carbocycles. The Balaban J connectivity index is 2.20. The van der Waals surface area contributed by atoms with E-state index in [0.29, 0.717) is 0 Å². The fraction of sp³-hybridized carbons (Fsp3) is 0.0667. The van der Waals surface area contributed by atoms with Gasteiger partial charge < -0.3 is 4.74 Å². The van der Waals surface area contributed by atoms with Gasteiger partial charge in [-0.15, -0.1) is 13.2 Å². The lowest BCUT2D eigenvalue weighted by molar-refractivity contribution is -0.274. The molecule has 2 aromatic carbocycles. The van der Waals surface area contributed by atoms with E-state index >= 15 is 0 Å². The third-order valence-electron chi connectivity index (χ3n) is 2.61. The molecule has 104 valence electrons. The van der Waals surface area contributed by atoms with Gasteiger partial charge in [-0.3, -0.25) is 0 Å². The summed E-state index contributed by atoms with van der Waals surface area (Å²) < 4.78 is 40.9. The van der Waals surface area contributed by atoms with Crippen LogP contribution in [0.3, 0.4) is 0 Å². The number of benzene rings is 2. The third-order valence-corrected chi connectivity index (χ3v) is 3.10. The predicted octanol–water partition coefficient (Wildman–Crippen LogP) is 5.41. The molecule has 0 aliphatic rings. The van der Waals surface area contributed by atoms with Gasteiger partial charge in [-0.05, 0) is 41.0 Å². The molecule has 5 heteroatoms. The second-order valence-electron chi connectivity index (χ2n) is 4.06. The molecule has 20 heavy (non-hydrogen) atoms. The lowest BCUT2D eigenvalue weighted by atomic mass is 10.00. The lowest BCUT2D eigenvalue weighted by Gasteiger charge is -2.10. The first-order valence-corrected chi connectivity index (χ1v) is 6.45. The van der Waals surface area contributed by atoms with Crippen molar-refractivity contribution < 1.29 is 17.9 Å². The third kappa shape index (κ3) is 3.87. The fourth-order valence-corrected chi connectivity index (χ4v) is 2.10. The highest BCUT2D eigenvalue weighted by molar-refractivity contribution is 9.10. The Morgan fingerprint density at radius 1 is 1.00 bits per heavy atom. The molecular formula is C15H10BrF3O. The van der Waals surface area contributed by atoms with Gasteiger partial charge in [-0.2, -0.15) is 0 Å². The molecule has 0 bridgehead atoms. The molecule has 2 rings (SSSR count). The summed E-state index contributed by atoms with van der Waals surface area (Å²) in [6.45, 7) is 3.96. The molecule has 0 atom stereocenters. The highest BCUT2D eigenvalue weighted by atomic mass is 79.9. The summed E-state index contributed by atoms with van der Waals surface area (Å²) in [7, 11) is 0. The quantitative estimate of drug-likeness (QED) is 0.724. The topological polar surface area (TPSA) is 9.23 Å². The van der Waals surface area contributed by atoms with Gasteiger partial charge in [0.25, 0.3) is 0 Å². The van der Waals surface area contributed by atoms with Gasteiger partial charge >= 0.3 is 6.36 Å². The van der Waals surface area contributed by atoms with E-state index in [-0.39, 0.29) is 5.75 Å². The average molecular weight is 343 g/mol. The number of alkyl halides is 3. The van der Waals surface area contributed by atoms with Crippen LogP contribution in [0.15, 0.2) is 59.6 Å². The maximum Gasteiger partial charge on any atom is 0.573 e. The van der Waals surface area contributed by atoms with Crippen LogP contribution in [0.2, 0.25) is 0 Å². The van der Waals surface area contributed by atoms with Crippen molar-refractivity contribution >= 4 is 21.5 Å². The first-order valence-electron chi connectivity index (χ1n) is 5.66. The van der Waals surface area contributed by atoms with Gasteiger partial charge in [0, 0.05) is 4.47 Å². The largest absolute Gasteiger partial charge is 0.573 e. The van der Waals surface area contributed by atoms with Crippen LogP contribution in [0.25, 0.3) is 5.57 Å². The minimum Gasteiger partial charge on any atom is -0.406 e. The van der Waals surface area contributed by atoms with E-state index in [2.05, 4.69) is 27.2 Å². The first-order chi connectivity index (χ1) is 9.35. The smallest absolute Gasteiger partial charge is 0.406 e. The second-order valence-corrected chi connectivity index (χ2v) is 4.98. The predicted molar refractivity (Wildman–Crippen MR) is 75.4 cm³/mol. The standard InChI is InChI=1S/C15H10BrF3O/c1-10(12-3-2-4-13(16)9-12)11-5-7-14(8-6-11)20-15(17,18)19/h2-9H,1H2. The van der Waals surface area contributed by atoms with Crippen molar-refractivity contribution in [3.05, 3.63) is 70.7 Å². The Morgan fingerprint density at radius 3 is 2.20 bits per heavy atom. The Kier molecular flexibility index (Phi) is 4.18. The van der Waals surface area contributed by atoms with Crippen LogP contribution in [0, 0.1) is 0 Å². The molecule has 0 unspecified atom stereocenters. The summed E-state index contributed by atoms with van der Waals surface area (Å²) in [5, 5.41) is 0. The average Bonchev–Trinajstić information content (AvgIpc) is 2.37. The molecule has 0 aliphatic heterocycles. The Bertz CT molecular complexity index is 618. The van der Waals surface area contributed by atoms with Crippen molar-refractivity contribution in [1.82, 2.24) is 0 Å². The lowest BCUT2D eigenvalue weighted by Crippen LogP contribution is -2.16. The van der Waals surface area contributed by atoms with Crippen molar-refractivity contribution in [3.8, 4) is 5.75 Å². The van der Waals surface area contributed by atoms with E-state index < -0.39 is 6.36 Å². The van der Waals surface area contributed by atoms with E-state index in [9.17, 15) is 13.2 Å². The maximum absolute atomic E-state index is 12.1. The first kappa shape index (κ1) is 14.7. The minimum absolute atomic E-state index is 0.247. The molecular weight excluding hydrogens is 333 g/mol. The normalized spacial score (nSPS) is 11.2. The van der Waals surface area contributed by atoms with Gasteiger partial charge in [0.05, 0.1) is 0 Å². The van der Waals surface area contributed by atoms with Crippen LogP contribution in [0.4, 0.5) is 13.2 Å². The monoisotopic (exact) mass is 342 g/mol. The van der Waals surface area contributed by atoms with Crippen LogP contribution in [0.5, 0.6) is 5.75 Å². The number of hydrogen-bond donors (Lipinski definition) is 0.